The smallest absolute Gasteiger partial charge is 0.320 e. The van der Waals surface area contributed by atoms with Crippen molar-refractivity contribution in [1.29, 1.82) is 0 Å². The topological polar surface area (TPSA) is 83.7 Å². The second kappa shape index (κ2) is 10.4. The van der Waals surface area contributed by atoms with Crippen LogP contribution in [-0.4, -0.2) is 32.4 Å². The maximum atomic E-state index is 13.5. The van der Waals surface area contributed by atoms with E-state index in [2.05, 4.69) is 13.0 Å². The van der Waals surface area contributed by atoms with Crippen LogP contribution in [-0.2, 0) is 23.0 Å². The molecule has 3 aromatic carbocycles. The predicted octanol–water partition coefficient (Wildman–Crippen LogP) is 5.18. The van der Waals surface area contributed by atoms with Gasteiger partial charge in [-0.25, -0.2) is 18.4 Å². The van der Waals surface area contributed by atoms with E-state index >= 15 is 0 Å². The molecule has 2 amide bonds. The molecule has 0 aromatic heterocycles. The molecule has 7 heteroatoms. The Bertz CT molecular complexity index is 1260. The number of benzene rings is 3. The van der Waals surface area contributed by atoms with Gasteiger partial charge >= 0.3 is 6.03 Å². The molecular formula is C27H31N3O3S. The van der Waals surface area contributed by atoms with E-state index < -0.39 is 10.0 Å². The molecule has 0 atom stereocenters. The van der Waals surface area contributed by atoms with Crippen molar-refractivity contribution < 1.29 is 13.2 Å². The van der Waals surface area contributed by atoms with Crippen molar-refractivity contribution in [2.45, 2.75) is 44.0 Å². The third-order valence-corrected chi connectivity index (χ3v) is 7.22. The zero-order chi connectivity index (χ0) is 24.1. The molecule has 2 N–H and O–H groups in total. The molecule has 6 nitrogen and oxygen atoms in total. The molecule has 4 rings (SSSR count). The van der Waals surface area contributed by atoms with Crippen molar-refractivity contribution in [2.75, 3.05) is 18.0 Å². The van der Waals surface area contributed by atoms with Gasteiger partial charge in [-0.2, -0.15) is 0 Å². The third-order valence-electron chi connectivity index (χ3n) is 6.25. The first-order valence-electron chi connectivity index (χ1n) is 11.7. The second-order valence-corrected chi connectivity index (χ2v) is 10.2. The number of hydrogen-bond acceptors (Lipinski definition) is 3. The first kappa shape index (κ1) is 24.0. The van der Waals surface area contributed by atoms with E-state index in [4.69, 9.17) is 5.14 Å². The number of unbranched alkanes of at least 4 members (excludes halogenated alkanes) is 2. The highest BCUT2D eigenvalue weighted by molar-refractivity contribution is 7.89. The lowest BCUT2D eigenvalue weighted by Crippen LogP contribution is -2.42. The Morgan fingerprint density at radius 2 is 1.68 bits per heavy atom. The number of amides is 2. The normalized spacial score (nSPS) is 13.1. The lowest BCUT2D eigenvalue weighted by molar-refractivity contribution is 0.201. The number of para-hydroxylation sites is 1. The van der Waals surface area contributed by atoms with Crippen molar-refractivity contribution in [3.8, 4) is 11.1 Å². The number of carbonyl (C=O) groups is 1. The molecule has 178 valence electrons. The van der Waals surface area contributed by atoms with Crippen LogP contribution in [0.15, 0.2) is 77.7 Å². The van der Waals surface area contributed by atoms with Crippen LogP contribution >= 0.6 is 0 Å². The summed E-state index contributed by atoms with van der Waals surface area (Å²) >= 11 is 0. The number of nitrogens with two attached hydrogens (primary N) is 1. The molecule has 0 fully saturated rings. The second-order valence-electron chi connectivity index (χ2n) is 8.68. The van der Waals surface area contributed by atoms with Crippen molar-refractivity contribution >= 4 is 21.7 Å². The molecule has 0 aliphatic carbocycles. The zero-order valence-corrected chi connectivity index (χ0v) is 20.3. The van der Waals surface area contributed by atoms with E-state index in [0.29, 0.717) is 25.2 Å². The fourth-order valence-electron chi connectivity index (χ4n) is 4.47. The third kappa shape index (κ3) is 5.32. The molecule has 1 heterocycles. The fourth-order valence-corrected chi connectivity index (χ4v) is 5.23. The van der Waals surface area contributed by atoms with Crippen LogP contribution in [0.1, 0.15) is 37.3 Å². The van der Waals surface area contributed by atoms with Gasteiger partial charge in [-0.3, -0.25) is 4.90 Å². The number of carbonyl (C=O) groups excluding carboxylic acids is 1. The standard InChI is InChI=1S/C27H31N3O3S/c1-2-3-8-18-29(27(31)30-19-17-23-9-4-6-11-25(23)30)20-21-13-15-22(16-14-21)24-10-5-7-12-26(24)34(28,32)33/h4-7,9-16H,2-3,8,17-20H2,1H3,(H2,28,32,33). The van der Waals surface area contributed by atoms with Crippen molar-refractivity contribution in [3.05, 3.63) is 83.9 Å². The van der Waals surface area contributed by atoms with Crippen LogP contribution in [0.25, 0.3) is 11.1 Å². The Morgan fingerprint density at radius 1 is 0.971 bits per heavy atom. The largest absolute Gasteiger partial charge is 0.324 e. The van der Waals surface area contributed by atoms with E-state index in [0.717, 1.165) is 42.5 Å². The van der Waals surface area contributed by atoms with Crippen molar-refractivity contribution in [2.24, 2.45) is 5.14 Å². The summed E-state index contributed by atoms with van der Waals surface area (Å²) in [6.07, 6.45) is 4.00. The number of fused-ring (bicyclic) bond motifs is 1. The lowest BCUT2D eigenvalue weighted by atomic mass is 10.0. The molecular weight excluding hydrogens is 446 g/mol. The van der Waals surface area contributed by atoms with Crippen molar-refractivity contribution in [3.63, 3.8) is 0 Å². The first-order chi connectivity index (χ1) is 16.4. The number of sulfonamides is 1. The van der Waals surface area contributed by atoms with E-state index in [9.17, 15) is 13.2 Å². The van der Waals surface area contributed by atoms with Gasteiger partial charge < -0.3 is 4.90 Å². The summed E-state index contributed by atoms with van der Waals surface area (Å²) in [6.45, 7) is 4.05. The van der Waals surface area contributed by atoms with Gasteiger partial charge in [-0.05, 0) is 41.7 Å². The minimum absolute atomic E-state index is 0.0321. The van der Waals surface area contributed by atoms with Gasteiger partial charge in [0.05, 0.1) is 4.90 Å². The molecule has 1 aliphatic rings. The molecule has 0 radical (unpaired) electrons. The van der Waals surface area contributed by atoms with Crippen LogP contribution in [0.3, 0.4) is 0 Å². The van der Waals surface area contributed by atoms with Gasteiger partial charge in [-0.15, -0.1) is 0 Å². The average molecular weight is 478 g/mol. The highest BCUT2D eigenvalue weighted by Gasteiger charge is 2.28. The van der Waals surface area contributed by atoms with E-state index in [1.165, 1.54) is 11.6 Å². The Morgan fingerprint density at radius 3 is 2.41 bits per heavy atom. The Kier molecular flexibility index (Phi) is 7.34. The minimum Gasteiger partial charge on any atom is -0.320 e. The number of primary sulfonamides is 1. The van der Waals surface area contributed by atoms with E-state index in [-0.39, 0.29) is 10.9 Å². The Hall–Kier alpha value is -3.16. The van der Waals surface area contributed by atoms with Crippen LogP contribution < -0.4 is 10.0 Å². The summed E-state index contributed by atoms with van der Waals surface area (Å²) in [5.41, 5.74) is 4.55. The van der Waals surface area contributed by atoms with Gasteiger partial charge in [0, 0.05) is 30.9 Å². The number of nitrogens with zero attached hydrogens (tertiary/aromatic N) is 2. The average Bonchev–Trinajstić information content (AvgIpc) is 3.27. The fraction of sp³-hybridized carbons (Fsp3) is 0.296. The summed E-state index contributed by atoms with van der Waals surface area (Å²) in [5, 5.41) is 5.40. The summed E-state index contributed by atoms with van der Waals surface area (Å²) < 4.78 is 24.0. The van der Waals surface area contributed by atoms with Gasteiger partial charge in [0.15, 0.2) is 0 Å². The van der Waals surface area contributed by atoms with E-state index in [1.54, 1.807) is 18.2 Å². The minimum atomic E-state index is -3.83. The molecule has 34 heavy (non-hydrogen) atoms. The van der Waals surface area contributed by atoms with Gasteiger partial charge in [0.1, 0.15) is 0 Å². The lowest BCUT2D eigenvalue weighted by Gasteiger charge is -2.29. The van der Waals surface area contributed by atoms with Crippen LogP contribution in [0, 0.1) is 0 Å². The molecule has 0 saturated carbocycles. The van der Waals surface area contributed by atoms with Gasteiger partial charge in [0.2, 0.25) is 10.0 Å². The number of urea groups is 1. The monoisotopic (exact) mass is 477 g/mol. The maximum Gasteiger partial charge on any atom is 0.324 e. The Balaban J connectivity index is 1.55. The molecule has 0 saturated heterocycles. The quantitative estimate of drug-likeness (QED) is 0.454. The highest BCUT2D eigenvalue weighted by Crippen LogP contribution is 2.30. The summed E-state index contributed by atoms with van der Waals surface area (Å²) in [7, 11) is -3.83. The Labute approximate surface area is 202 Å². The first-order valence-corrected chi connectivity index (χ1v) is 13.3. The summed E-state index contributed by atoms with van der Waals surface area (Å²) in [6, 6.07) is 22.5. The molecule has 1 aliphatic heterocycles. The molecule has 0 bridgehead atoms. The summed E-state index contributed by atoms with van der Waals surface area (Å²) in [5.74, 6) is 0. The van der Waals surface area contributed by atoms with Gasteiger partial charge in [0.25, 0.3) is 0 Å². The molecule has 0 spiro atoms. The zero-order valence-electron chi connectivity index (χ0n) is 19.5. The highest BCUT2D eigenvalue weighted by atomic mass is 32.2. The van der Waals surface area contributed by atoms with Crippen LogP contribution in [0.2, 0.25) is 0 Å². The number of anilines is 1. The maximum absolute atomic E-state index is 13.5. The molecule has 0 unspecified atom stereocenters. The van der Waals surface area contributed by atoms with Crippen LogP contribution in [0.5, 0.6) is 0 Å². The molecule has 3 aromatic rings. The predicted molar refractivity (Wildman–Crippen MR) is 136 cm³/mol. The van der Waals surface area contributed by atoms with Crippen LogP contribution in [0.4, 0.5) is 10.5 Å². The van der Waals surface area contributed by atoms with E-state index in [1.807, 2.05) is 52.3 Å². The summed E-state index contributed by atoms with van der Waals surface area (Å²) in [4.78, 5) is 17.4. The SMILES string of the molecule is CCCCCN(Cc1ccc(-c2ccccc2S(N)(=O)=O)cc1)C(=O)N1CCc2ccccc21. The van der Waals surface area contributed by atoms with Crippen molar-refractivity contribution in [1.82, 2.24) is 4.90 Å². The number of hydrogen-bond donors (Lipinski definition) is 1. The van der Waals surface area contributed by atoms with Gasteiger partial charge in [-0.1, -0.05) is 80.4 Å². The number of rotatable bonds is 8.